The van der Waals surface area contributed by atoms with Crippen LogP contribution in [0.3, 0.4) is 0 Å². The predicted molar refractivity (Wildman–Crippen MR) is 87.1 cm³/mol. The Morgan fingerprint density at radius 3 is 2.50 bits per heavy atom. The first-order valence-corrected chi connectivity index (χ1v) is 7.78. The van der Waals surface area contributed by atoms with Crippen molar-refractivity contribution in [2.24, 2.45) is 0 Å². The fourth-order valence-electron chi connectivity index (χ4n) is 1.82. The van der Waals surface area contributed by atoms with Crippen LogP contribution < -0.4 is 5.32 Å². The molecule has 1 N–H and O–H groups in total. The molecule has 0 aliphatic carbocycles. The summed E-state index contributed by atoms with van der Waals surface area (Å²) in [6, 6.07) is 13.6. The van der Waals surface area contributed by atoms with Crippen LogP contribution in [0.1, 0.15) is 21.5 Å². The van der Waals surface area contributed by atoms with Crippen molar-refractivity contribution in [1.29, 1.82) is 10.5 Å². The zero-order valence-electron chi connectivity index (χ0n) is 11.6. The summed E-state index contributed by atoms with van der Waals surface area (Å²) in [5.74, 6) is -0.366. The topological polar surface area (TPSA) is 76.7 Å². The summed E-state index contributed by atoms with van der Waals surface area (Å²) >= 11 is 7.56. The van der Waals surface area contributed by atoms with Crippen LogP contribution in [0.2, 0.25) is 5.02 Å². The lowest BCUT2D eigenvalue weighted by molar-refractivity contribution is 0.102. The Kier molecular flexibility index (Phi) is 5.06. The first-order chi connectivity index (χ1) is 10.6. The second-order valence-corrected chi connectivity index (χ2v) is 5.57. The molecule has 2 aromatic rings. The number of carbonyl (C=O) groups is 1. The third-order valence-corrected chi connectivity index (χ3v) is 3.99. The SMILES string of the molecule is CSc1ccc(Cl)c(C(=O)Nc2ccc(C#N)c(C#N)c2)c1. The minimum Gasteiger partial charge on any atom is -0.322 e. The van der Waals surface area contributed by atoms with Crippen LogP contribution in [-0.4, -0.2) is 12.2 Å². The first kappa shape index (κ1) is 15.9. The molecule has 0 spiro atoms. The molecule has 22 heavy (non-hydrogen) atoms. The van der Waals surface area contributed by atoms with E-state index < -0.39 is 0 Å². The van der Waals surface area contributed by atoms with Crippen LogP contribution >= 0.6 is 23.4 Å². The lowest BCUT2D eigenvalue weighted by atomic mass is 10.1. The molecular formula is C16H10ClN3OS. The number of nitrogens with zero attached hydrogens (tertiary/aromatic N) is 2. The molecule has 0 saturated heterocycles. The average molecular weight is 328 g/mol. The van der Waals surface area contributed by atoms with Crippen molar-refractivity contribution in [3.63, 3.8) is 0 Å². The number of hydrogen-bond acceptors (Lipinski definition) is 4. The van der Waals surface area contributed by atoms with Crippen molar-refractivity contribution >= 4 is 35.0 Å². The zero-order valence-corrected chi connectivity index (χ0v) is 13.1. The van der Waals surface area contributed by atoms with E-state index in [0.717, 1.165) is 4.90 Å². The third-order valence-electron chi connectivity index (χ3n) is 2.94. The number of benzene rings is 2. The van der Waals surface area contributed by atoms with E-state index in [9.17, 15) is 4.79 Å². The summed E-state index contributed by atoms with van der Waals surface area (Å²) in [6.45, 7) is 0. The molecule has 0 aromatic heterocycles. The number of thioether (sulfide) groups is 1. The standard InChI is InChI=1S/C16H10ClN3OS/c1-22-13-4-5-15(17)14(7-13)16(21)20-12-3-2-10(8-18)11(6-12)9-19/h2-7H,1H3,(H,20,21). The molecule has 0 unspecified atom stereocenters. The fourth-order valence-corrected chi connectivity index (χ4v) is 2.46. The third kappa shape index (κ3) is 3.40. The quantitative estimate of drug-likeness (QED) is 0.862. The van der Waals surface area contributed by atoms with Gasteiger partial charge < -0.3 is 5.32 Å². The van der Waals surface area contributed by atoms with Crippen molar-refractivity contribution in [3.8, 4) is 12.1 Å². The number of nitrogens with one attached hydrogen (secondary N) is 1. The molecule has 108 valence electrons. The van der Waals surface area contributed by atoms with E-state index >= 15 is 0 Å². The van der Waals surface area contributed by atoms with Crippen molar-refractivity contribution in [3.05, 3.63) is 58.1 Å². The maximum Gasteiger partial charge on any atom is 0.257 e. The van der Waals surface area contributed by atoms with Crippen LogP contribution in [0, 0.1) is 22.7 Å². The van der Waals surface area contributed by atoms with Gasteiger partial charge in [-0.2, -0.15) is 10.5 Å². The van der Waals surface area contributed by atoms with Gasteiger partial charge in [0.25, 0.3) is 5.91 Å². The Morgan fingerprint density at radius 2 is 1.86 bits per heavy atom. The van der Waals surface area contributed by atoms with Gasteiger partial charge in [0.2, 0.25) is 0 Å². The van der Waals surface area contributed by atoms with Gasteiger partial charge in [-0.25, -0.2) is 0 Å². The van der Waals surface area contributed by atoms with Gasteiger partial charge >= 0.3 is 0 Å². The van der Waals surface area contributed by atoms with Crippen molar-refractivity contribution in [2.75, 3.05) is 11.6 Å². The van der Waals surface area contributed by atoms with Gasteiger partial charge in [-0.3, -0.25) is 4.79 Å². The molecule has 4 nitrogen and oxygen atoms in total. The molecule has 6 heteroatoms. The number of anilines is 1. The molecule has 0 bridgehead atoms. The number of nitriles is 2. The van der Waals surface area contributed by atoms with Crippen LogP contribution in [0.15, 0.2) is 41.3 Å². The molecule has 0 saturated carbocycles. The summed E-state index contributed by atoms with van der Waals surface area (Å²) in [4.78, 5) is 13.2. The summed E-state index contributed by atoms with van der Waals surface area (Å²) in [5.41, 5.74) is 1.27. The Hall–Kier alpha value is -2.47. The van der Waals surface area contributed by atoms with E-state index in [0.29, 0.717) is 16.3 Å². The average Bonchev–Trinajstić information content (AvgIpc) is 2.55. The normalized spacial score (nSPS) is 9.64. The van der Waals surface area contributed by atoms with Crippen LogP contribution in [0.4, 0.5) is 5.69 Å². The van der Waals surface area contributed by atoms with Gasteiger partial charge in [0, 0.05) is 10.6 Å². The van der Waals surface area contributed by atoms with Crippen molar-refractivity contribution in [2.45, 2.75) is 4.90 Å². The van der Waals surface area contributed by atoms with Crippen molar-refractivity contribution in [1.82, 2.24) is 0 Å². The molecule has 2 rings (SSSR count). The number of rotatable bonds is 3. The zero-order chi connectivity index (χ0) is 16.1. The second-order valence-electron chi connectivity index (χ2n) is 4.28. The minimum atomic E-state index is -0.366. The maximum absolute atomic E-state index is 12.3. The monoisotopic (exact) mass is 327 g/mol. The molecule has 0 aliphatic rings. The highest BCUT2D eigenvalue weighted by molar-refractivity contribution is 7.98. The number of carbonyl (C=O) groups excluding carboxylic acids is 1. The smallest absolute Gasteiger partial charge is 0.257 e. The number of hydrogen-bond donors (Lipinski definition) is 1. The van der Waals surface area contributed by atoms with E-state index in [1.54, 1.807) is 18.2 Å². The largest absolute Gasteiger partial charge is 0.322 e. The Labute approximate surface area is 137 Å². The van der Waals surface area contributed by atoms with E-state index in [1.807, 2.05) is 24.5 Å². The van der Waals surface area contributed by atoms with Crippen LogP contribution in [-0.2, 0) is 0 Å². The summed E-state index contributed by atoms with van der Waals surface area (Å²) in [6.07, 6.45) is 1.91. The molecule has 0 radical (unpaired) electrons. The first-order valence-electron chi connectivity index (χ1n) is 6.18. The maximum atomic E-state index is 12.3. The van der Waals surface area contributed by atoms with E-state index in [2.05, 4.69) is 5.32 Å². The van der Waals surface area contributed by atoms with Gasteiger partial charge in [-0.05, 0) is 42.7 Å². The predicted octanol–water partition coefficient (Wildman–Crippen LogP) is 4.06. The Balaban J connectivity index is 2.30. The number of amides is 1. The summed E-state index contributed by atoms with van der Waals surface area (Å²) in [7, 11) is 0. The van der Waals surface area contributed by atoms with E-state index in [1.165, 1.54) is 23.9 Å². The van der Waals surface area contributed by atoms with Gasteiger partial charge in [-0.1, -0.05) is 11.6 Å². The lowest BCUT2D eigenvalue weighted by Gasteiger charge is -2.08. The highest BCUT2D eigenvalue weighted by atomic mass is 35.5. The van der Waals surface area contributed by atoms with Gasteiger partial charge in [0.05, 0.1) is 21.7 Å². The molecule has 0 atom stereocenters. The van der Waals surface area contributed by atoms with Crippen LogP contribution in [0.25, 0.3) is 0 Å². The Morgan fingerprint density at radius 1 is 1.14 bits per heavy atom. The molecule has 0 heterocycles. The fraction of sp³-hybridized carbons (Fsp3) is 0.0625. The lowest BCUT2D eigenvalue weighted by Crippen LogP contribution is -2.12. The van der Waals surface area contributed by atoms with Crippen LogP contribution in [0.5, 0.6) is 0 Å². The van der Waals surface area contributed by atoms with E-state index in [4.69, 9.17) is 22.1 Å². The van der Waals surface area contributed by atoms with Gasteiger partial charge in [0.1, 0.15) is 12.1 Å². The van der Waals surface area contributed by atoms with Crippen molar-refractivity contribution < 1.29 is 4.79 Å². The molecular weight excluding hydrogens is 318 g/mol. The van der Waals surface area contributed by atoms with Gasteiger partial charge in [-0.15, -0.1) is 11.8 Å². The highest BCUT2D eigenvalue weighted by Gasteiger charge is 2.12. The molecule has 1 amide bonds. The Bertz CT molecular complexity index is 821. The minimum absolute atomic E-state index is 0.212. The summed E-state index contributed by atoms with van der Waals surface area (Å²) < 4.78 is 0. The second kappa shape index (κ2) is 7.00. The molecule has 2 aromatic carbocycles. The van der Waals surface area contributed by atoms with Gasteiger partial charge in [0.15, 0.2) is 0 Å². The highest BCUT2D eigenvalue weighted by Crippen LogP contribution is 2.24. The number of halogens is 1. The molecule has 0 fully saturated rings. The molecule has 0 aliphatic heterocycles. The summed E-state index contributed by atoms with van der Waals surface area (Å²) in [5, 5.41) is 20.9. The van der Waals surface area contributed by atoms with E-state index in [-0.39, 0.29) is 17.0 Å².